The van der Waals surface area contributed by atoms with Gasteiger partial charge in [0, 0.05) is 5.69 Å². The van der Waals surface area contributed by atoms with Gasteiger partial charge in [0.2, 0.25) is 0 Å². The van der Waals surface area contributed by atoms with Crippen molar-refractivity contribution in [1.29, 1.82) is 0 Å². The van der Waals surface area contributed by atoms with E-state index in [0.29, 0.717) is 10.7 Å². The number of esters is 1. The number of ether oxygens (including phenoxy) is 1. The van der Waals surface area contributed by atoms with Crippen LogP contribution in [0.2, 0.25) is 5.02 Å². The quantitative estimate of drug-likeness (QED) is 0.753. The third-order valence-corrected chi connectivity index (χ3v) is 3.81. The van der Waals surface area contributed by atoms with Crippen LogP contribution in [0.15, 0.2) is 48.5 Å². The number of hydrogen-bond acceptors (Lipinski definition) is 3. The van der Waals surface area contributed by atoms with Gasteiger partial charge in [0.05, 0.1) is 10.6 Å². The lowest BCUT2D eigenvalue weighted by molar-refractivity contribution is -0.119. The highest BCUT2D eigenvalue weighted by Crippen LogP contribution is 2.16. The molecule has 0 aliphatic heterocycles. The summed E-state index contributed by atoms with van der Waals surface area (Å²) in [4.78, 5) is 23.7. The van der Waals surface area contributed by atoms with Gasteiger partial charge in [-0.15, -0.1) is 0 Å². The van der Waals surface area contributed by atoms with Crippen molar-refractivity contribution in [2.24, 2.45) is 0 Å². The summed E-state index contributed by atoms with van der Waals surface area (Å²) >= 11 is 5.91. The molecule has 0 radical (unpaired) electrons. The third-order valence-electron chi connectivity index (χ3n) is 3.48. The van der Waals surface area contributed by atoms with Crippen LogP contribution in [0.3, 0.4) is 0 Å². The van der Waals surface area contributed by atoms with Crippen molar-refractivity contribution in [3.63, 3.8) is 0 Å². The Morgan fingerprint density at radius 1 is 1.08 bits per heavy atom. The van der Waals surface area contributed by atoms with Crippen molar-refractivity contribution in [3.8, 4) is 0 Å². The second-order valence-electron chi connectivity index (χ2n) is 5.40. The van der Waals surface area contributed by atoms with Crippen LogP contribution in [-0.4, -0.2) is 18.5 Å². The number of carbonyl (C=O) groups is 2. The van der Waals surface area contributed by atoms with E-state index in [4.69, 9.17) is 16.3 Å². The summed E-state index contributed by atoms with van der Waals surface area (Å²) in [5.74, 6) is -1.01. The van der Waals surface area contributed by atoms with E-state index >= 15 is 0 Å². The molecule has 0 bridgehead atoms. The van der Waals surface area contributed by atoms with Gasteiger partial charge in [-0.25, -0.2) is 4.79 Å². The number of carbonyl (C=O) groups excluding carboxylic acids is 2. The molecule has 0 saturated heterocycles. The van der Waals surface area contributed by atoms with Crippen LogP contribution < -0.4 is 5.32 Å². The molecule has 5 heteroatoms. The molecule has 2 rings (SSSR count). The van der Waals surface area contributed by atoms with Crippen LogP contribution in [0.1, 0.15) is 35.7 Å². The van der Waals surface area contributed by atoms with Crippen molar-refractivity contribution in [3.05, 3.63) is 64.7 Å². The number of hydrogen-bond donors (Lipinski definition) is 1. The lowest BCUT2D eigenvalue weighted by Gasteiger charge is -2.08. The summed E-state index contributed by atoms with van der Waals surface area (Å²) in [5.41, 5.74) is 2.15. The number of unbranched alkanes of at least 4 members (excludes halogenated alkanes) is 1. The van der Waals surface area contributed by atoms with Crippen LogP contribution in [0, 0.1) is 0 Å². The van der Waals surface area contributed by atoms with Gasteiger partial charge in [-0.05, 0) is 42.7 Å². The van der Waals surface area contributed by atoms with Crippen molar-refractivity contribution < 1.29 is 14.3 Å². The molecule has 0 fully saturated rings. The molecular formula is C19H20ClNO3. The Morgan fingerprint density at radius 3 is 2.46 bits per heavy atom. The van der Waals surface area contributed by atoms with Crippen molar-refractivity contribution in [2.75, 3.05) is 11.9 Å². The summed E-state index contributed by atoms with van der Waals surface area (Å²) in [7, 11) is 0. The maximum Gasteiger partial charge on any atom is 0.340 e. The Bertz CT molecular complexity index is 698. The second-order valence-corrected chi connectivity index (χ2v) is 5.81. The van der Waals surface area contributed by atoms with Crippen LogP contribution in [0.25, 0.3) is 0 Å². The Balaban J connectivity index is 1.83. The van der Waals surface area contributed by atoms with Crippen LogP contribution in [0.4, 0.5) is 5.69 Å². The minimum atomic E-state index is -0.620. The Hall–Kier alpha value is -2.33. The van der Waals surface area contributed by atoms with Crippen molar-refractivity contribution in [2.45, 2.75) is 26.2 Å². The lowest BCUT2D eigenvalue weighted by Crippen LogP contribution is -2.21. The van der Waals surface area contributed by atoms with Crippen LogP contribution in [-0.2, 0) is 16.0 Å². The van der Waals surface area contributed by atoms with Gasteiger partial charge in [-0.1, -0.05) is 49.2 Å². The van der Waals surface area contributed by atoms with Crippen molar-refractivity contribution in [1.82, 2.24) is 0 Å². The van der Waals surface area contributed by atoms with Gasteiger partial charge in [0.15, 0.2) is 6.61 Å². The number of rotatable bonds is 7. The molecule has 1 amide bonds. The smallest absolute Gasteiger partial charge is 0.340 e. The summed E-state index contributed by atoms with van der Waals surface area (Å²) in [6.07, 6.45) is 3.32. The van der Waals surface area contributed by atoms with E-state index in [2.05, 4.69) is 12.2 Å². The fourth-order valence-electron chi connectivity index (χ4n) is 2.17. The molecule has 0 atom stereocenters. The molecule has 4 nitrogen and oxygen atoms in total. The molecule has 126 valence electrons. The summed E-state index contributed by atoms with van der Waals surface area (Å²) in [6, 6.07) is 14.2. The number of anilines is 1. The number of benzene rings is 2. The number of aryl methyl sites for hydroxylation is 1. The molecule has 24 heavy (non-hydrogen) atoms. The topological polar surface area (TPSA) is 55.4 Å². The second kappa shape index (κ2) is 9.08. The van der Waals surface area contributed by atoms with Gasteiger partial charge in [-0.2, -0.15) is 0 Å². The molecule has 1 N–H and O–H groups in total. The first-order valence-corrected chi connectivity index (χ1v) is 8.28. The predicted octanol–water partition coefficient (Wildman–Crippen LogP) is 4.48. The Kier molecular flexibility index (Phi) is 6.82. The molecule has 0 saturated carbocycles. The first-order valence-electron chi connectivity index (χ1n) is 7.90. The normalized spacial score (nSPS) is 10.2. The van der Waals surface area contributed by atoms with Crippen LogP contribution in [0.5, 0.6) is 0 Å². The minimum Gasteiger partial charge on any atom is -0.452 e. The predicted molar refractivity (Wildman–Crippen MR) is 95.4 cm³/mol. The zero-order chi connectivity index (χ0) is 17.4. The Labute approximate surface area is 146 Å². The molecule has 2 aromatic carbocycles. The molecule has 0 unspecified atom stereocenters. The first-order chi connectivity index (χ1) is 11.6. The lowest BCUT2D eigenvalue weighted by atomic mass is 10.1. The standard InChI is InChI=1S/C19H20ClNO3/c1-2-3-6-14-9-11-15(12-10-14)21-18(22)13-24-19(23)16-7-4-5-8-17(16)20/h4-5,7-12H,2-3,6,13H2,1H3,(H,21,22). The molecule has 2 aromatic rings. The highest BCUT2D eigenvalue weighted by atomic mass is 35.5. The average Bonchev–Trinajstić information content (AvgIpc) is 2.59. The van der Waals surface area contributed by atoms with Crippen LogP contribution >= 0.6 is 11.6 Å². The number of halogens is 1. The van der Waals surface area contributed by atoms with E-state index in [1.165, 1.54) is 5.56 Å². The maximum absolute atomic E-state index is 11.9. The molecule has 0 spiro atoms. The highest BCUT2D eigenvalue weighted by Gasteiger charge is 2.13. The molecule has 0 aliphatic rings. The first kappa shape index (κ1) is 18.0. The van der Waals surface area contributed by atoms with E-state index in [0.717, 1.165) is 19.3 Å². The average molecular weight is 346 g/mol. The monoisotopic (exact) mass is 345 g/mol. The minimum absolute atomic E-state index is 0.243. The largest absolute Gasteiger partial charge is 0.452 e. The number of amides is 1. The van der Waals surface area contributed by atoms with E-state index in [1.54, 1.807) is 24.3 Å². The molecular weight excluding hydrogens is 326 g/mol. The van der Waals surface area contributed by atoms with E-state index < -0.39 is 11.9 Å². The summed E-state index contributed by atoms with van der Waals surface area (Å²) in [5, 5.41) is 2.99. The summed E-state index contributed by atoms with van der Waals surface area (Å²) in [6.45, 7) is 1.79. The zero-order valence-corrected chi connectivity index (χ0v) is 14.3. The van der Waals surface area contributed by atoms with E-state index in [9.17, 15) is 9.59 Å². The third kappa shape index (κ3) is 5.39. The van der Waals surface area contributed by atoms with Gasteiger partial charge >= 0.3 is 5.97 Å². The van der Waals surface area contributed by atoms with Gasteiger partial charge in [0.1, 0.15) is 0 Å². The van der Waals surface area contributed by atoms with Gasteiger partial charge < -0.3 is 10.1 Å². The van der Waals surface area contributed by atoms with Gasteiger partial charge in [-0.3, -0.25) is 4.79 Å². The van der Waals surface area contributed by atoms with E-state index in [-0.39, 0.29) is 12.2 Å². The van der Waals surface area contributed by atoms with E-state index in [1.807, 2.05) is 24.3 Å². The fraction of sp³-hybridized carbons (Fsp3) is 0.263. The summed E-state index contributed by atoms with van der Waals surface area (Å²) < 4.78 is 4.98. The molecule has 0 aliphatic carbocycles. The fourth-order valence-corrected chi connectivity index (χ4v) is 2.38. The van der Waals surface area contributed by atoms with Gasteiger partial charge in [0.25, 0.3) is 5.91 Å². The molecule has 0 aromatic heterocycles. The zero-order valence-electron chi connectivity index (χ0n) is 13.5. The number of nitrogens with one attached hydrogen (secondary N) is 1. The Morgan fingerprint density at radius 2 is 1.79 bits per heavy atom. The maximum atomic E-state index is 11.9. The van der Waals surface area contributed by atoms with Crippen molar-refractivity contribution >= 4 is 29.2 Å². The SMILES string of the molecule is CCCCc1ccc(NC(=O)COC(=O)c2ccccc2Cl)cc1. The highest BCUT2D eigenvalue weighted by molar-refractivity contribution is 6.33. The molecule has 0 heterocycles.